The topological polar surface area (TPSA) is 127 Å². The van der Waals surface area contributed by atoms with E-state index < -0.39 is 42.4 Å². The number of imide groups is 1. The van der Waals surface area contributed by atoms with Crippen LogP contribution in [-0.2, 0) is 23.9 Å². The van der Waals surface area contributed by atoms with Gasteiger partial charge in [0.05, 0.1) is 11.1 Å². The normalized spacial score (nSPS) is 13.9. The van der Waals surface area contributed by atoms with E-state index in [1.54, 1.807) is 31.2 Å². The molecule has 1 aliphatic rings. The molecule has 1 N–H and O–H groups in total. The summed E-state index contributed by atoms with van der Waals surface area (Å²) in [6.45, 7) is 1.60. The molecule has 0 saturated carbocycles. The van der Waals surface area contributed by atoms with Gasteiger partial charge < -0.3 is 14.6 Å². The molecule has 0 radical (unpaired) electrons. The van der Waals surface area contributed by atoms with Crippen molar-refractivity contribution in [2.24, 2.45) is 0 Å². The molecule has 9 heteroatoms. The molecule has 0 spiro atoms. The molecule has 0 aliphatic carbocycles. The number of carbonyl (C=O) groups excluding carboxylic acids is 4. The van der Waals surface area contributed by atoms with Crippen LogP contribution in [0, 0.1) is 0 Å². The van der Waals surface area contributed by atoms with Crippen LogP contribution in [0.5, 0.6) is 0 Å². The van der Waals surface area contributed by atoms with Gasteiger partial charge in [-0.3, -0.25) is 28.9 Å². The minimum absolute atomic E-state index is 0.0184. The number of carbonyl (C=O) groups is 5. The van der Waals surface area contributed by atoms with Crippen LogP contribution in [-0.4, -0.2) is 52.6 Å². The molecule has 1 aromatic rings. The summed E-state index contributed by atoms with van der Waals surface area (Å²) in [6, 6.07) is 6.45. The number of nitrogens with zero attached hydrogens (tertiary/aromatic N) is 1. The van der Waals surface area contributed by atoms with Crippen molar-refractivity contribution < 1.29 is 38.6 Å². The summed E-state index contributed by atoms with van der Waals surface area (Å²) in [7, 11) is 0. The Kier molecular flexibility index (Phi) is 6.64. The highest BCUT2D eigenvalue weighted by Gasteiger charge is 2.34. The monoisotopic (exact) mass is 377 g/mol. The number of amides is 2. The zero-order valence-corrected chi connectivity index (χ0v) is 14.7. The molecule has 1 atom stereocenters. The van der Waals surface area contributed by atoms with Crippen molar-refractivity contribution in [3.05, 3.63) is 35.4 Å². The Hall–Kier alpha value is -3.23. The van der Waals surface area contributed by atoms with Crippen molar-refractivity contribution in [3.63, 3.8) is 0 Å². The first-order valence-corrected chi connectivity index (χ1v) is 8.39. The van der Waals surface area contributed by atoms with Gasteiger partial charge in [0.1, 0.15) is 6.42 Å². The molecule has 2 amide bonds. The zero-order valence-electron chi connectivity index (χ0n) is 14.7. The van der Waals surface area contributed by atoms with E-state index in [-0.39, 0.29) is 25.8 Å². The molecule has 0 saturated heterocycles. The van der Waals surface area contributed by atoms with Gasteiger partial charge in [-0.05, 0) is 18.6 Å². The van der Waals surface area contributed by atoms with Crippen molar-refractivity contribution >= 4 is 29.7 Å². The molecule has 0 aromatic heterocycles. The smallest absolute Gasteiger partial charge is 0.320 e. The molecule has 27 heavy (non-hydrogen) atoms. The molecule has 0 fully saturated rings. The third-order valence-electron chi connectivity index (χ3n) is 3.81. The van der Waals surface area contributed by atoms with E-state index in [4.69, 9.17) is 14.6 Å². The standard InChI is InChI=1S/C18H19NO8/c1-2-14(22)26-16(27-15(23)10-13(20)21)8-5-9-19-17(24)11-6-3-4-7-12(11)18(19)25/h3-4,6-7,16H,2,5,8-10H2,1H3,(H,20,21). The predicted molar refractivity (Wildman–Crippen MR) is 89.6 cm³/mol. The van der Waals surface area contributed by atoms with E-state index >= 15 is 0 Å². The first-order chi connectivity index (χ1) is 12.8. The van der Waals surface area contributed by atoms with Gasteiger partial charge in [0, 0.05) is 19.4 Å². The number of ether oxygens (including phenoxy) is 2. The van der Waals surface area contributed by atoms with Gasteiger partial charge in [0.2, 0.25) is 6.29 Å². The van der Waals surface area contributed by atoms with Crippen molar-refractivity contribution in [2.45, 2.75) is 38.9 Å². The lowest BCUT2D eigenvalue weighted by molar-refractivity contribution is -0.189. The number of esters is 2. The number of carboxylic acids is 1. The number of hydrogen-bond acceptors (Lipinski definition) is 7. The second-order valence-corrected chi connectivity index (χ2v) is 5.78. The SMILES string of the molecule is CCC(=O)OC(CCCN1C(=O)c2ccccc2C1=O)OC(=O)CC(=O)O. The average molecular weight is 377 g/mol. The summed E-state index contributed by atoms with van der Waals surface area (Å²) in [6.07, 6.45) is -1.87. The maximum absolute atomic E-state index is 12.3. The lowest BCUT2D eigenvalue weighted by atomic mass is 10.1. The average Bonchev–Trinajstić information content (AvgIpc) is 2.86. The van der Waals surface area contributed by atoms with Crippen LogP contribution in [0.25, 0.3) is 0 Å². The third kappa shape index (κ3) is 5.13. The lowest BCUT2D eigenvalue weighted by Crippen LogP contribution is -2.32. The fraction of sp³-hybridized carbons (Fsp3) is 0.389. The summed E-state index contributed by atoms with van der Waals surface area (Å²) >= 11 is 0. The van der Waals surface area contributed by atoms with E-state index in [0.29, 0.717) is 11.1 Å². The predicted octanol–water partition coefficient (Wildman–Crippen LogP) is 1.36. The highest BCUT2D eigenvalue weighted by molar-refractivity contribution is 6.21. The molecular weight excluding hydrogens is 358 g/mol. The quantitative estimate of drug-likeness (QED) is 0.296. The number of hydrogen-bond donors (Lipinski definition) is 1. The fourth-order valence-corrected chi connectivity index (χ4v) is 2.54. The number of benzene rings is 1. The summed E-state index contributed by atoms with van der Waals surface area (Å²) in [5.74, 6) is -3.87. The molecule has 1 aromatic carbocycles. The van der Waals surface area contributed by atoms with Crippen LogP contribution in [0.3, 0.4) is 0 Å². The Labute approximate surface area is 154 Å². The summed E-state index contributed by atoms with van der Waals surface area (Å²) in [4.78, 5) is 59.1. The zero-order chi connectivity index (χ0) is 20.0. The van der Waals surface area contributed by atoms with Crippen LogP contribution in [0.2, 0.25) is 0 Å². The van der Waals surface area contributed by atoms with Gasteiger partial charge in [-0.2, -0.15) is 0 Å². The highest BCUT2D eigenvalue weighted by Crippen LogP contribution is 2.23. The number of fused-ring (bicyclic) bond motifs is 1. The molecule has 1 aliphatic heterocycles. The van der Waals surface area contributed by atoms with Crippen LogP contribution in [0.15, 0.2) is 24.3 Å². The van der Waals surface area contributed by atoms with E-state index in [0.717, 1.165) is 4.90 Å². The van der Waals surface area contributed by atoms with Crippen molar-refractivity contribution in [2.75, 3.05) is 6.54 Å². The highest BCUT2D eigenvalue weighted by atomic mass is 16.7. The second-order valence-electron chi connectivity index (χ2n) is 5.78. The third-order valence-corrected chi connectivity index (χ3v) is 3.81. The summed E-state index contributed by atoms with van der Waals surface area (Å²) in [5, 5.41) is 8.60. The second kappa shape index (κ2) is 8.93. The molecule has 1 unspecified atom stereocenters. The summed E-state index contributed by atoms with van der Waals surface area (Å²) < 4.78 is 9.83. The number of rotatable bonds is 9. The minimum Gasteiger partial charge on any atom is -0.481 e. The first-order valence-electron chi connectivity index (χ1n) is 8.39. The lowest BCUT2D eigenvalue weighted by Gasteiger charge is -2.19. The van der Waals surface area contributed by atoms with E-state index in [2.05, 4.69) is 0 Å². The van der Waals surface area contributed by atoms with E-state index in [9.17, 15) is 24.0 Å². The molecular formula is C18H19NO8. The largest absolute Gasteiger partial charge is 0.481 e. The van der Waals surface area contributed by atoms with Gasteiger partial charge in [-0.15, -0.1) is 0 Å². The van der Waals surface area contributed by atoms with Gasteiger partial charge in [-0.25, -0.2) is 0 Å². The first kappa shape index (κ1) is 20.1. The molecule has 2 rings (SSSR count). The minimum atomic E-state index is -1.37. The van der Waals surface area contributed by atoms with Crippen molar-refractivity contribution in [3.8, 4) is 0 Å². The number of aliphatic carboxylic acids is 1. The van der Waals surface area contributed by atoms with Gasteiger partial charge in [0.25, 0.3) is 11.8 Å². The Morgan fingerprint density at radius 1 is 1.04 bits per heavy atom. The van der Waals surface area contributed by atoms with Crippen LogP contribution < -0.4 is 0 Å². The van der Waals surface area contributed by atoms with Gasteiger partial charge >= 0.3 is 17.9 Å². The molecule has 9 nitrogen and oxygen atoms in total. The maximum Gasteiger partial charge on any atom is 0.320 e. The Balaban J connectivity index is 1.93. The van der Waals surface area contributed by atoms with Crippen LogP contribution in [0.1, 0.15) is 53.3 Å². The van der Waals surface area contributed by atoms with E-state index in [1.165, 1.54) is 0 Å². The molecule has 1 heterocycles. The Morgan fingerprint density at radius 2 is 1.59 bits per heavy atom. The van der Waals surface area contributed by atoms with Crippen LogP contribution >= 0.6 is 0 Å². The Bertz CT molecular complexity index is 737. The van der Waals surface area contributed by atoms with Gasteiger partial charge in [-0.1, -0.05) is 19.1 Å². The molecule has 144 valence electrons. The number of carboxylic acid groups (broad SMARTS) is 1. The Morgan fingerprint density at radius 3 is 2.11 bits per heavy atom. The van der Waals surface area contributed by atoms with Crippen molar-refractivity contribution in [1.82, 2.24) is 4.90 Å². The van der Waals surface area contributed by atoms with Crippen molar-refractivity contribution in [1.29, 1.82) is 0 Å². The summed E-state index contributed by atoms with van der Waals surface area (Å²) in [5.41, 5.74) is 0.647. The molecule has 0 bridgehead atoms. The van der Waals surface area contributed by atoms with E-state index in [1.807, 2.05) is 0 Å². The van der Waals surface area contributed by atoms with Gasteiger partial charge in [0.15, 0.2) is 0 Å². The fourth-order valence-electron chi connectivity index (χ4n) is 2.54. The maximum atomic E-state index is 12.3. The van der Waals surface area contributed by atoms with Crippen LogP contribution in [0.4, 0.5) is 0 Å².